The maximum Gasteiger partial charge on any atom is 0.228 e. The Morgan fingerprint density at radius 3 is 2.54 bits per heavy atom. The van der Waals surface area contributed by atoms with Crippen LogP contribution in [0.4, 0.5) is 0 Å². The van der Waals surface area contributed by atoms with Gasteiger partial charge >= 0.3 is 0 Å². The third-order valence-corrected chi connectivity index (χ3v) is 4.88. The number of hydrogen-bond acceptors (Lipinski definition) is 2. The molecule has 0 aliphatic carbocycles. The molecule has 0 saturated carbocycles. The normalized spacial score (nSPS) is 31.9. The van der Waals surface area contributed by atoms with E-state index in [-0.39, 0.29) is 11.3 Å². The van der Waals surface area contributed by atoms with E-state index in [1.807, 2.05) is 6.92 Å². The van der Waals surface area contributed by atoms with Crippen LogP contribution in [0.15, 0.2) is 0 Å². The molecular formula is C8H16ClNO2S. The van der Waals surface area contributed by atoms with E-state index in [0.717, 1.165) is 12.8 Å². The lowest BCUT2D eigenvalue weighted by atomic mass is 9.97. The van der Waals surface area contributed by atoms with E-state index >= 15 is 0 Å². The molecule has 78 valence electrons. The molecule has 0 N–H and O–H groups in total. The Bertz CT molecular complexity index is 265. The van der Waals surface area contributed by atoms with Gasteiger partial charge in [-0.15, -0.1) is 11.6 Å². The maximum atomic E-state index is 11.5. The third-order valence-electron chi connectivity index (χ3n) is 2.56. The summed E-state index contributed by atoms with van der Waals surface area (Å²) in [6.07, 6.45) is 2.05. The molecular weight excluding hydrogens is 210 g/mol. The molecule has 1 aliphatic rings. The van der Waals surface area contributed by atoms with Gasteiger partial charge in [-0.05, 0) is 25.7 Å². The van der Waals surface area contributed by atoms with Crippen LogP contribution in [0.1, 0.15) is 26.7 Å². The highest BCUT2D eigenvalue weighted by molar-refractivity contribution is 7.90. The second kappa shape index (κ2) is 4.15. The van der Waals surface area contributed by atoms with Crippen molar-refractivity contribution in [3.63, 3.8) is 0 Å². The van der Waals surface area contributed by atoms with Gasteiger partial charge in [0.2, 0.25) is 10.0 Å². The van der Waals surface area contributed by atoms with Crippen molar-refractivity contribution in [3.8, 4) is 0 Å². The summed E-state index contributed by atoms with van der Waals surface area (Å²) in [6, 6.07) is 0.111. The lowest BCUT2D eigenvalue weighted by molar-refractivity contribution is 0.219. The number of nitrogens with zero attached hydrogens (tertiary/aromatic N) is 1. The van der Waals surface area contributed by atoms with Crippen molar-refractivity contribution >= 4 is 21.6 Å². The van der Waals surface area contributed by atoms with Gasteiger partial charge in [0.05, 0.1) is 0 Å². The largest absolute Gasteiger partial charge is 0.228 e. The van der Waals surface area contributed by atoms with Crippen LogP contribution in [0.2, 0.25) is 0 Å². The quantitative estimate of drug-likeness (QED) is 0.670. The van der Waals surface area contributed by atoms with E-state index in [1.54, 1.807) is 0 Å². The summed E-state index contributed by atoms with van der Waals surface area (Å²) >= 11 is 5.41. The van der Waals surface area contributed by atoms with Crippen molar-refractivity contribution in [2.75, 3.05) is 11.8 Å². The van der Waals surface area contributed by atoms with E-state index in [4.69, 9.17) is 11.6 Å². The lowest BCUT2D eigenvalue weighted by Gasteiger charge is -2.35. The minimum absolute atomic E-state index is 0.111. The number of halogens is 1. The first kappa shape index (κ1) is 11.3. The van der Waals surface area contributed by atoms with Gasteiger partial charge in [0, 0.05) is 12.6 Å². The zero-order valence-corrected chi connectivity index (χ0v) is 9.61. The molecule has 0 radical (unpaired) electrons. The number of piperidine rings is 1. The summed E-state index contributed by atoms with van der Waals surface area (Å²) < 4.78 is 24.5. The number of hydrogen-bond donors (Lipinski definition) is 0. The SMILES string of the molecule is CC1CCC(C)N(S(=O)(=O)CCl)C1. The monoisotopic (exact) mass is 225 g/mol. The smallest absolute Gasteiger partial charge is 0.211 e. The summed E-state index contributed by atoms with van der Waals surface area (Å²) in [5, 5.41) is -0.302. The second-order valence-corrected chi connectivity index (χ2v) is 6.33. The van der Waals surface area contributed by atoms with Gasteiger partial charge in [0.15, 0.2) is 0 Å². The van der Waals surface area contributed by atoms with Gasteiger partial charge in [-0.3, -0.25) is 0 Å². The van der Waals surface area contributed by atoms with Crippen LogP contribution in [0.25, 0.3) is 0 Å². The van der Waals surface area contributed by atoms with Crippen molar-refractivity contribution in [1.82, 2.24) is 4.31 Å². The molecule has 0 spiro atoms. The number of alkyl halides is 1. The Labute approximate surface area is 85.1 Å². The van der Waals surface area contributed by atoms with Gasteiger partial charge in [-0.1, -0.05) is 6.92 Å². The Balaban J connectivity index is 2.77. The van der Waals surface area contributed by atoms with Gasteiger partial charge in [0.1, 0.15) is 5.21 Å². The van der Waals surface area contributed by atoms with Crippen LogP contribution in [0.3, 0.4) is 0 Å². The molecule has 2 unspecified atom stereocenters. The van der Waals surface area contributed by atoms with E-state index < -0.39 is 10.0 Å². The third kappa shape index (κ3) is 2.58. The lowest BCUT2D eigenvalue weighted by Crippen LogP contribution is -2.45. The Hall–Kier alpha value is 0.200. The Morgan fingerprint density at radius 2 is 2.00 bits per heavy atom. The van der Waals surface area contributed by atoms with Crippen molar-refractivity contribution in [2.24, 2.45) is 5.92 Å². The molecule has 0 aromatic heterocycles. The summed E-state index contributed by atoms with van der Waals surface area (Å²) in [4.78, 5) is 0. The molecule has 1 saturated heterocycles. The summed E-state index contributed by atoms with van der Waals surface area (Å²) in [6.45, 7) is 4.63. The molecule has 3 nitrogen and oxygen atoms in total. The first-order valence-electron chi connectivity index (χ1n) is 4.53. The summed E-state index contributed by atoms with van der Waals surface area (Å²) in [5.41, 5.74) is 0. The van der Waals surface area contributed by atoms with Gasteiger partial charge in [-0.2, -0.15) is 4.31 Å². The highest BCUT2D eigenvalue weighted by Gasteiger charge is 2.31. The first-order chi connectivity index (χ1) is 5.97. The average Bonchev–Trinajstić information content (AvgIpc) is 2.09. The number of rotatable bonds is 2. The van der Waals surface area contributed by atoms with Crippen molar-refractivity contribution in [3.05, 3.63) is 0 Å². The number of sulfonamides is 1. The fourth-order valence-corrected chi connectivity index (χ4v) is 3.34. The van der Waals surface area contributed by atoms with Crippen LogP contribution < -0.4 is 0 Å². The zero-order chi connectivity index (χ0) is 10.1. The summed E-state index contributed by atoms with van der Waals surface area (Å²) in [5.74, 6) is 0.453. The molecule has 1 rings (SSSR count). The van der Waals surface area contributed by atoms with Crippen LogP contribution in [-0.2, 0) is 10.0 Å². The molecule has 2 atom stereocenters. The second-order valence-electron chi connectivity index (χ2n) is 3.82. The average molecular weight is 226 g/mol. The molecule has 1 heterocycles. The standard InChI is InChI=1S/C8H16ClNO2S/c1-7-3-4-8(2)10(5-7)13(11,12)6-9/h7-8H,3-6H2,1-2H3. The minimum Gasteiger partial charge on any atom is -0.211 e. The fraction of sp³-hybridized carbons (Fsp3) is 1.00. The Morgan fingerprint density at radius 1 is 1.38 bits per heavy atom. The topological polar surface area (TPSA) is 37.4 Å². The van der Waals surface area contributed by atoms with Crippen molar-refractivity contribution < 1.29 is 8.42 Å². The molecule has 0 aromatic carbocycles. The highest BCUT2D eigenvalue weighted by Crippen LogP contribution is 2.24. The molecule has 5 heteroatoms. The van der Waals surface area contributed by atoms with Crippen LogP contribution >= 0.6 is 11.6 Å². The molecule has 0 aromatic rings. The highest BCUT2D eigenvalue weighted by atomic mass is 35.5. The fourth-order valence-electron chi connectivity index (χ4n) is 1.70. The van der Waals surface area contributed by atoms with Gasteiger partial charge < -0.3 is 0 Å². The summed E-state index contributed by atoms with van der Waals surface area (Å²) in [7, 11) is -3.20. The van der Waals surface area contributed by atoms with Crippen molar-refractivity contribution in [1.29, 1.82) is 0 Å². The van der Waals surface area contributed by atoms with E-state index in [9.17, 15) is 8.42 Å². The predicted octanol–water partition coefficient (Wildman–Crippen LogP) is 1.63. The predicted molar refractivity (Wildman–Crippen MR) is 54.2 cm³/mol. The van der Waals surface area contributed by atoms with Gasteiger partial charge in [0.25, 0.3) is 0 Å². The van der Waals surface area contributed by atoms with E-state index in [1.165, 1.54) is 4.31 Å². The van der Waals surface area contributed by atoms with Crippen LogP contribution in [0.5, 0.6) is 0 Å². The molecule has 1 fully saturated rings. The van der Waals surface area contributed by atoms with Gasteiger partial charge in [-0.25, -0.2) is 8.42 Å². The molecule has 0 amide bonds. The van der Waals surface area contributed by atoms with E-state index in [2.05, 4.69) is 6.92 Å². The minimum atomic E-state index is -3.20. The zero-order valence-electron chi connectivity index (χ0n) is 8.03. The maximum absolute atomic E-state index is 11.5. The molecule has 0 bridgehead atoms. The van der Waals surface area contributed by atoms with Crippen LogP contribution in [-0.4, -0.2) is 30.5 Å². The molecule has 13 heavy (non-hydrogen) atoms. The Kier molecular flexibility index (Phi) is 3.60. The first-order valence-corrected chi connectivity index (χ1v) is 6.67. The van der Waals surface area contributed by atoms with E-state index in [0.29, 0.717) is 12.5 Å². The van der Waals surface area contributed by atoms with Crippen LogP contribution in [0, 0.1) is 5.92 Å². The molecule has 1 aliphatic heterocycles. The van der Waals surface area contributed by atoms with Crippen molar-refractivity contribution in [2.45, 2.75) is 32.7 Å².